The molecule has 7 nitrogen and oxygen atoms in total. The number of ether oxygens (including phenoxy) is 2. The van der Waals surface area contributed by atoms with Crippen LogP contribution in [0.4, 0.5) is 0 Å². The summed E-state index contributed by atoms with van der Waals surface area (Å²) in [6.07, 6.45) is 0.845. The molecular weight excluding hydrogens is 537 g/mol. The topological polar surface area (TPSA) is 96.0 Å². The largest absolute Gasteiger partial charge is 0.462 e. The minimum absolute atomic E-state index is 0.0999. The quantitative estimate of drug-likeness (QED) is 0.223. The standard InChI is InChI=1S/C15H14Cl6O7S/c1-13(2,7-26-11(22)14(16,17)18)9-6-8(28-29(3,24)25)4-5-10(9)27-12(23)15(19,20)21/h4-6H,7H2,1-3H3. The van der Waals surface area contributed by atoms with Crippen LogP contribution < -0.4 is 8.92 Å². The normalized spacial score (nSPS) is 13.0. The predicted molar refractivity (Wildman–Crippen MR) is 112 cm³/mol. The van der Waals surface area contributed by atoms with E-state index in [1.807, 2.05) is 0 Å². The van der Waals surface area contributed by atoms with E-state index in [0.717, 1.165) is 6.26 Å². The van der Waals surface area contributed by atoms with E-state index >= 15 is 0 Å². The van der Waals surface area contributed by atoms with Crippen molar-refractivity contribution in [2.75, 3.05) is 12.9 Å². The second-order valence-corrected chi connectivity index (χ2v) is 12.4. The third-order valence-electron chi connectivity index (χ3n) is 3.16. The van der Waals surface area contributed by atoms with E-state index in [2.05, 4.69) is 0 Å². The first-order chi connectivity index (χ1) is 12.8. The number of hydrogen-bond donors (Lipinski definition) is 0. The van der Waals surface area contributed by atoms with Crippen LogP contribution in [0.3, 0.4) is 0 Å². The van der Waals surface area contributed by atoms with Crippen LogP contribution in [-0.2, 0) is 29.9 Å². The predicted octanol–water partition coefficient (Wildman–Crippen LogP) is 4.49. The molecule has 14 heteroatoms. The van der Waals surface area contributed by atoms with Crippen LogP contribution in [0.1, 0.15) is 19.4 Å². The minimum atomic E-state index is -3.85. The molecule has 0 saturated heterocycles. The zero-order valence-electron chi connectivity index (χ0n) is 15.0. The van der Waals surface area contributed by atoms with Gasteiger partial charge in [0, 0.05) is 11.0 Å². The highest BCUT2D eigenvalue weighted by molar-refractivity contribution is 7.86. The summed E-state index contributed by atoms with van der Waals surface area (Å²) in [6.45, 7) is 2.80. The van der Waals surface area contributed by atoms with Crippen molar-refractivity contribution in [3.8, 4) is 11.5 Å². The van der Waals surface area contributed by atoms with Crippen molar-refractivity contribution in [1.82, 2.24) is 0 Å². The molecule has 0 aromatic heterocycles. The Hall–Kier alpha value is -0.350. The van der Waals surface area contributed by atoms with Crippen molar-refractivity contribution in [3.63, 3.8) is 0 Å². The zero-order valence-corrected chi connectivity index (χ0v) is 20.3. The summed E-state index contributed by atoms with van der Waals surface area (Å²) in [5, 5.41) is 0. The van der Waals surface area contributed by atoms with Crippen molar-refractivity contribution in [1.29, 1.82) is 0 Å². The van der Waals surface area contributed by atoms with Crippen molar-refractivity contribution >= 4 is 91.7 Å². The summed E-state index contributed by atoms with van der Waals surface area (Å²) in [5.74, 6) is -2.55. The number of carbonyl (C=O) groups is 2. The molecule has 29 heavy (non-hydrogen) atoms. The lowest BCUT2D eigenvalue weighted by Crippen LogP contribution is -2.32. The fourth-order valence-corrected chi connectivity index (χ4v) is 2.65. The lowest BCUT2D eigenvalue weighted by atomic mass is 9.84. The highest BCUT2D eigenvalue weighted by Crippen LogP contribution is 2.38. The molecule has 0 aliphatic heterocycles. The van der Waals surface area contributed by atoms with E-state index in [1.165, 1.54) is 18.2 Å². The molecule has 0 atom stereocenters. The third kappa shape index (κ3) is 8.73. The zero-order chi connectivity index (χ0) is 22.8. The van der Waals surface area contributed by atoms with E-state index in [9.17, 15) is 18.0 Å². The van der Waals surface area contributed by atoms with Gasteiger partial charge in [-0.15, -0.1) is 0 Å². The maximum absolute atomic E-state index is 11.9. The van der Waals surface area contributed by atoms with Gasteiger partial charge in [-0.05, 0) is 18.2 Å². The average Bonchev–Trinajstić information content (AvgIpc) is 2.50. The Bertz CT molecular complexity index is 887. The molecule has 0 N–H and O–H groups in total. The fourth-order valence-electron chi connectivity index (χ4n) is 1.92. The number of hydrogen-bond acceptors (Lipinski definition) is 7. The maximum Gasteiger partial charge on any atom is 0.363 e. The monoisotopic (exact) mass is 548 g/mol. The summed E-state index contributed by atoms with van der Waals surface area (Å²) in [6, 6.07) is 3.70. The molecule has 1 rings (SSSR count). The number of halogens is 6. The number of rotatable bonds is 6. The number of alkyl halides is 6. The molecule has 0 fully saturated rings. The molecule has 0 saturated carbocycles. The van der Waals surface area contributed by atoms with Crippen molar-refractivity contribution in [2.45, 2.75) is 26.8 Å². The van der Waals surface area contributed by atoms with Gasteiger partial charge in [0.15, 0.2) is 0 Å². The Labute approximate surface area is 197 Å². The first-order valence-electron chi connectivity index (χ1n) is 7.40. The first-order valence-corrected chi connectivity index (χ1v) is 11.5. The van der Waals surface area contributed by atoms with Crippen molar-refractivity contribution in [2.24, 2.45) is 0 Å². The van der Waals surface area contributed by atoms with Gasteiger partial charge in [-0.1, -0.05) is 83.5 Å². The maximum atomic E-state index is 11.9. The lowest BCUT2D eigenvalue weighted by Gasteiger charge is -2.28. The molecule has 0 spiro atoms. The highest BCUT2D eigenvalue weighted by Gasteiger charge is 2.37. The van der Waals surface area contributed by atoms with Gasteiger partial charge in [-0.25, -0.2) is 9.59 Å². The molecule has 1 aromatic rings. The summed E-state index contributed by atoms with van der Waals surface area (Å²) in [5.41, 5.74) is -0.913. The molecular formula is C15H14Cl6O7S. The van der Waals surface area contributed by atoms with E-state index in [0.29, 0.717) is 0 Å². The Balaban J connectivity index is 3.34. The van der Waals surface area contributed by atoms with Crippen LogP contribution in [0.25, 0.3) is 0 Å². The SMILES string of the molecule is CC(C)(COC(=O)C(Cl)(Cl)Cl)c1cc(OS(C)(=O)=O)ccc1OC(=O)C(Cl)(Cl)Cl. The summed E-state index contributed by atoms with van der Waals surface area (Å²) >= 11 is 32.9. The highest BCUT2D eigenvalue weighted by atomic mass is 35.6. The number of benzene rings is 1. The van der Waals surface area contributed by atoms with Gasteiger partial charge < -0.3 is 13.7 Å². The van der Waals surface area contributed by atoms with Gasteiger partial charge in [0.05, 0.1) is 6.26 Å². The molecule has 0 aliphatic carbocycles. The molecule has 0 radical (unpaired) electrons. The number of carbonyl (C=O) groups excluding carboxylic acids is 2. The van der Waals surface area contributed by atoms with Crippen molar-refractivity contribution < 1.29 is 31.7 Å². The molecule has 164 valence electrons. The Kier molecular flexibility index (Phi) is 8.67. The van der Waals surface area contributed by atoms with Crippen LogP contribution in [0.2, 0.25) is 0 Å². The van der Waals surface area contributed by atoms with Crippen LogP contribution >= 0.6 is 69.6 Å². The van der Waals surface area contributed by atoms with Crippen LogP contribution in [-0.4, -0.2) is 40.8 Å². The summed E-state index contributed by atoms with van der Waals surface area (Å²) in [4.78, 5) is 23.7. The van der Waals surface area contributed by atoms with Gasteiger partial charge in [0.2, 0.25) is 0 Å². The fraction of sp³-hybridized carbons (Fsp3) is 0.467. The van der Waals surface area contributed by atoms with Crippen LogP contribution in [0, 0.1) is 0 Å². The van der Waals surface area contributed by atoms with E-state index in [-0.39, 0.29) is 23.7 Å². The van der Waals surface area contributed by atoms with Crippen molar-refractivity contribution in [3.05, 3.63) is 23.8 Å². The first kappa shape index (κ1) is 26.7. The Morgan fingerprint density at radius 1 is 0.966 bits per heavy atom. The van der Waals surface area contributed by atoms with E-state index < -0.39 is 35.1 Å². The Morgan fingerprint density at radius 3 is 1.93 bits per heavy atom. The Morgan fingerprint density at radius 2 is 1.48 bits per heavy atom. The van der Waals surface area contributed by atoms with Crippen LogP contribution in [0.15, 0.2) is 18.2 Å². The van der Waals surface area contributed by atoms with Gasteiger partial charge in [-0.3, -0.25) is 0 Å². The molecule has 0 aliphatic rings. The molecule has 1 aromatic carbocycles. The minimum Gasteiger partial charge on any atom is -0.462 e. The molecule has 0 bridgehead atoms. The summed E-state index contributed by atoms with van der Waals surface area (Å²) < 4.78 is 33.0. The molecule has 0 amide bonds. The third-order valence-corrected chi connectivity index (χ3v) is 4.58. The van der Waals surface area contributed by atoms with E-state index in [1.54, 1.807) is 13.8 Å². The lowest BCUT2D eigenvalue weighted by molar-refractivity contribution is -0.144. The average molecular weight is 551 g/mol. The smallest absolute Gasteiger partial charge is 0.363 e. The second kappa shape index (κ2) is 9.42. The van der Waals surface area contributed by atoms with E-state index in [4.69, 9.17) is 83.3 Å². The van der Waals surface area contributed by atoms with Gasteiger partial charge in [0.25, 0.3) is 7.59 Å². The second-order valence-electron chi connectivity index (χ2n) is 6.29. The van der Waals surface area contributed by atoms with Gasteiger partial charge in [-0.2, -0.15) is 8.42 Å². The summed E-state index contributed by atoms with van der Waals surface area (Å²) in [7, 11) is -3.85. The molecule has 0 heterocycles. The van der Waals surface area contributed by atoms with Gasteiger partial charge >= 0.3 is 22.1 Å². The van der Waals surface area contributed by atoms with Gasteiger partial charge in [0.1, 0.15) is 18.1 Å². The molecule has 0 unspecified atom stereocenters. The van der Waals surface area contributed by atoms with Crippen LogP contribution in [0.5, 0.6) is 11.5 Å². The number of esters is 2.